The van der Waals surface area contributed by atoms with Crippen LogP contribution in [0.4, 0.5) is 5.69 Å². The number of methoxy groups -OCH3 is 2. The van der Waals surface area contributed by atoms with Crippen LogP contribution >= 0.6 is 11.6 Å². The second-order valence-corrected chi connectivity index (χ2v) is 6.66. The van der Waals surface area contributed by atoms with Crippen LogP contribution in [-0.2, 0) is 0 Å². The molecule has 0 radical (unpaired) electrons. The molecule has 2 aromatic carbocycles. The summed E-state index contributed by atoms with van der Waals surface area (Å²) in [4.78, 5) is 31.7. The van der Waals surface area contributed by atoms with Crippen LogP contribution in [0.5, 0.6) is 17.4 Å². The fourth-order valence-corrected chi connectivity index (χ4v) is 3.08. The first-order chi connectivity index (χ1) is 14.4. The predicted octanol–water partition coefficient (Wildman–Crippen LogP) is 3.43. The van der Waals surface area contributed by atoms with Crippen molar-refractivity contribution in [2.24, 2.45) is 4.99 Å². The van der Waals surface area contributed by atoms with E-state index in [4.69, 9.17) is 21.1 Å². The zero-order chi connectivity index (χ0) is 21.8. The fraction of sp³-hybridized carbons (Fsp3) is 0.190. The summed E-state index contributed by atoms with van der Waals surface area (Å²) in [7, 11) is 3.02. The van der Waals surface area contributed by atoms with Gasteiger partial charge in [-0.15, -0.1) is 0 Å². The van der Waals surface area contributed by atoms with Gasteiger partial charge in [-0.2, -0.15) is 0 Å². The lowest BCUT2D eigenvalue weighted by molar-refractivity contribution is 0.404. The molecule has 3 aromatic rings. The third-order valence-corrected chi connectivity index (χ3v) is 4.69. The monoisotopic (exact) mass is 429 g/mol. The largest absolute Gasteiger partial charge is 0.497 e. The second-order valence-electron chi connectivity index (χ2n) is 6.22. The number of aromatic amines is 1. The van der Waals surface area contributed by atoms with E-state index in [-0.39, 0.29) is 11.3 Å². The van der Waals surface area contributed by atoms with E-state index in [1.807, 2.05) is 0 Å². The number of H-pyrrole nitrogens is 1. The Bertz CT molecular complexity index is 1210. The van der Waals surface area contributed by atoms with Crippen LogP contribution in [0, 0.1) is 0 Å². The minimum Gasteiger partial charge on any atom is -0.497 e. The number of nitrogens with zero attached hydrogens (tertiary/aromatic N) is 2. The molecule has 0 unspecified atom stereocenters. The van der Waals surface area contributed by atoms with Crippen LogP contribution in [0.1, 0.15) is 18.9 Å². The van der Waals surface area contributed by atoms with Gasteiger partial charge in [-0.25, -0.2) is 14.4 Å². The third kappa shape index (κ3) is 4.08. The molecule has 0 saturated carbocycles. The standard InChI is InChI=1S/C21H20ClN3O5/c1-4-15(23-16-11-14(29-2)9-10-17(16)30-3)18-19(26)24-21(28)25(20(18)27)13-7-5-12(22)6-8-13/h5-11,27H,4H2,1-3H3,(H,24,26,28). The Hall–Kier alpha value is -3.52. The SMILES string of the molecule is CCC(=Nc1cc(OC)ccc1OC)c1c(O)n(-c2ccc(Cl)cc2)c(=O)[nH]c1=O. The first-order valence-corrected chi connectivity index (χ1v) is 9.41. The highest BCUT2D eigenvalue weighted by atomic mass is 35.5. The van der Waals surface area contributed by atoms with Gasteiger partial charge in [-0.1, -0.05) is 18.5 Å². The quantitative estimate of drug-likeness (QED) is 0.584. The number of aliphatic imine (C=N–C) groups is 1. The number of aromatic nitrogens is 2. The molecule has 30 heavy (non-hydrogen) atoms. The van der Waals surface area contributed by atoms with Gasteiger partial charge in [0.15, 0.2) is 0 Å². The lowest BCUT2D eigenvalue weighted by atomic mass is 10.1. The van der Waals surface area contributed by atoms with Crippen LogP contribution in [-0.4, -0.2) is 34.6 Å². The first kappa shape index (κ1) is 21.2. The maximum absolute atomic E-state index is 12.6. The van der Waals surface area contributed by atoms with Crippen LogP contribution in [0.3, 0.4) is 0 Å². The van der Waals surface area contributed by atoms with Crippen molar-refractivity contribution in [3.63, 3.8) is 0 Å². The van der Waals surface area contributed by atoms with E-state index in [1.54, 1.807) is 49.4 Å². The van der Waals surface area contributed by atoms with Crippen molar-refractivity contribution in [1.29, 1.82) is 0 Å². The molecule has 3 rings (SSSR count). The minimum atomic E-state index is -0.780. The second kappa shape index (κ2) is 8.87. The molecule has 0 amide bonds. The molecule has 0 bridgehead atoms. The van der Waals surface area contributed by atoms with Gasteiger partial charge >= 0.3 is 5.69 Å². The number of hydrogen-bond donors (Lipinski definition) is 2. The van der Waals surface area contributed by atoms with E-state index < -0.39 is 17.1 Å². The van der Waals surface area contributed by atoms with E-state index in [9.17, 15) is 14.7 Å². The molecule has 1 aromatic heterocycles. The number of halogens is 1. The number of aromatic hydroxyl groups is 1. The molecular formula is C21H20ClN3O5. The fourth-order valence-electron chi connectivity index (χ4n) is 2.96. The van der Waals surface area contributed by atoms with E-state index in [2.05, 4.69) is 9.98 Å². The van der Waals surface area contributed by atoms with Crippen molar-refractivity contribution in [3.8, 4) is 23.1 Å². The smallest absolute Gasteiger partial charge is 0.335 e. The Balaban J connectivity index is 2.25. The van der Waals surface area contributed by atoms with Gasteiger partial charge in [-0.05, 0) is 42.8 Å². The zero-order valence-corrected chi connectivity index (χ0v) is 17.4. The van der Waals surface area contributed by atoms with E-state index in [0.717, 1.165) is 4.57 Å². The number of rotatable bonds is 6. The Morgan fingerprint density at radius 2 is 1.83 bits per heavy atom. The normalized spacial score (nSPS) is 11.4. The van der Waals surface area contributed by atoms with E-state index in [1.165, 1.54) is 14.2 Å². The van der Waals surface area contributed by atoms with Gasteiger partial charge in [0.25, 0.3) is 5.56 Å². The lowest BCUT2D eigenvalue weighted by Gasteiger charge is -2.13. The number of hydrogen-bond acceptors (Lipinski definition) is 6. The van der Waals surface area contributed by atoms with Gasteiger partial charge in [0.2, 0.25) is 5.88 Å². The van der Waals surface area contributed by atoms with Crippen molar-refractivity contribution in [1.82, 2.24) is 9.55 Å². The summed E-state index contributed by atoms with van der Waals surface area (Å²) >= 11 is 5.90. The molecule has 0 fully saturated rings. The average molecular weight is 430 g/mol. The molecule has 0 atom stereocenters. The predicted molar refractivity (Wildman–Crippen MR) is 115 cm³/mol. The van der Waals surface area contributed by atoms with Crippen molar-refractivity contribution in [2.45, 2.75) is 13.3 Å². The molecule has 8 nitrogen and oxygen atoms in total. The molecule has 2 N–H and O–H groups in total. The van der Waals surface area contributed by atoms with Gasteiger partial charge in [0.1, 0.15) is 22.7 Å². The van der Waals surface area contributed by atoms with Crippen LogP contribution in [0.25, 0.3) is 5.69 Å². The molecule has 0 aliphatic carbocycles. The summed E-state index contributed by atoms with van der Waals surface area (Å²) in [5.74, 6) is 0.492. The van der Waals surface area contributed by atoms with Crippen molar-refractivity contribution < 1.29 is 14.6 Å². The van der Waals surface area contributed by atoms with E-state index in [0.29, 0.717) is 34.3 Å². The molecule has 156 valence electrons. The summed E-state index contributed by atoms with van der Waals surface area (Å²) in [5, 5.41) is 11.3. The van der Waals surface area contributed by atoms with Gasteiger partial charge < -0.3 is 14.6 Å². The van der Waals surface area contributed by atoms with Crippen LogP contribution < -0.4 is 20.7 Å². The Kier molecular flexibility index (Phi) is 6.27. The Morgan fingerprint density at radius 3 is 2.43 bits per heavy atom. The van der Waals surface area contributed by atoms with Crippen molar-refractivity contribution in [3.05, 3.63) is 73.9 Å². The average Bonchev–Trinajstić information content (AvgIpc) is 2.73. The molecular weight excluding hydrogens is 410 g/mol. The zero-order valence-electron chi connectivity index (χ0n) is 16.6. The Labute approximate surface area is 177 Å². The van der Waals surface area contributed by atoms with Crippen LogP contribution in [0.2, 0.25) is 5.02 Å². The molecule has 0 aliphatic heterocycles. The number of nitrogens with one attached hydrogen (secondary N) is 1. The van der Waals surface area contributed by atoms with E-state index >= 15 is 0 Å². The van der Waals surface area contributed by atoms with Gasteiger partial charge in [0, 0.05) is 11.1 Å². The molecule has 0 spiro atoms. The van der Waals surface area contributed by atoms with Gasteiger partial charge in [-0.3, -0.25) is 9.78 Å². The molecule has 9 heteroatoms. The third-order valence-electron chi connectivity index (χ3n) is 4.44. The highest BCUT2D eigenvalue weighted by molar-refractivity contribution is 6.30. The number of benzene rings is 2. The van der Waals surface area contributed by atoms with Crippen LogP contribution in [0.15, 0.2) is 57.0 Å². The lowest BCUT2D eigenvalue weighted by Crippen LogP contribution is -2.33. The minimum absolute atomic E-state index is 0.114. The van der Waals surface area contributed by atoms with Crippen molar-refractivity contribution >= 4 is 23.0 Å². The van der Waals surface area contributed by atoms with Gasteiger partial charge in [0.05, 0.1) is 25.6 Å². The number of ether oxygens (including phenoxy) is 2. The summed E-state index contributed by atoms with van der Waals surface area (Å²) in [5.41, 5.74) is -0.617. The van der Waals surface area contributed by atoms with Crippen molar-refractivity contribution in [2.75, 3.05) is 14.2 Å². The maximum atomic E-state index is 12.6. The summed E-state index contributed by atoms with van der Waals surface area (Å²) < 4.78 is 11.5. The maximum Gasteiger partial charge on any atom is 0.335 e. The Morgan fingerprint density at radius 1 is 1.13 bits per heavy atom. The summed E-state index contributed by atoms with van der Waals surface area (Å²) in [6.45, 7) is 1.78. The highest BCUT2D eigenvalue weighted by Crippen LogP contribution is 2.33. The molecule has 0 saturated heterocycles. The molecule has 1 heterocycles. The summed E-state index contributed by atoms with van der Waals surface area (Å²) in [6, 6.07) is 11.3. The highest BCUT2D eigenvalue weighted by Gasteiger charge is 2.20. The molecule has 0 aliphatic rings. The first-order valence-electron chi connectivity index (χ1n) is 9.03. The topological polar surface area (TPSA) is 106 Å². The summed E-state index contributed by atoms with van der Waals surface area (Å²) in [6.07, 6.45) is 0.301.